The topological polar surface area (TPSA) is 44.8 Å². The van der Waals surface area contributed by atoms with Crippen LogP contribution in [0.25, 0.3) is 22.6 Å². The molecule has 0 radical (unpaired) electrons. The van der Waals surface area contributed by atoms with Crippen molar-refractivity contribution in [3.63, 3.8) is 0 Å². The summed E-state index contributed by atoms with van der Waals surface area (Å²) in [6.45, 7) is 0. The minimum Gasteiger partial charge on any atom is -0.378 e. The van der Waals surface area contributed by atoms with E-state index in [1.54, 1.807) is 6.20 Å². The zero-order valence-electron chi connectivity index (χ0n) is 10.4. The zero-order chi connectivity index (χ0) is 12.5. The monoisotopic (exact) mass is 238 g/mol. The minimum atomic E-state index is 0.805. The summed E-state index contributed by atoms with van der Waals surface area (Å²) in [5.41, 5.74) is 3.96. The van der Waals surface area contributed by atoms with Crippen LogP contribution in [0.5, 0.6) is 0 Å². The van der Waals surface area contributed by atoms with Crippen molar-refractivity contribution in [3.05, 3.63) is 42.6 Å². The number of nitrogens with one attached hydrogen (secondary N) is 1. The first-order valence-corrected chi connectivity index (χ1v) is 5.82. The quantitative estimate of drug-likeness (QED) is 0.746. The Morgan fingerprint density at radius 3 is 2.72 bits per heavy atom. The number of aromatic amines is 1. The number of hydrogen-bond acceptors (Lipinski definition) is 3. The summed E-state index contributed by atoms with van der Waals surface area (Å²) in [7, 11) is 4.02. The molecular weight excluding hydrogens is 224 g/mol. The first-order valence-electron chi connectivity index (χ1n) is 5.82. The van der Waals surface area contributed by atoms with Gasteiger partial charge < -0.3 is 9.88 Å². The van der Waals surface area contributed by atoms with Gasteiger partial charge in [-0.2, -0.15) is 0 Å². The van der Waals surface area contributed by atoms with E-state index in [-0.39, 0.29) is 0 Å². The summed E-state index contributed by atoms with van der Waals surface area (Å²) in [6.07, 6.45) is 1.80. The fraction of sp³-hybridized carbons (Fsp3) is 0.143. The number of H-pyrrole nitrogens is 1. The molecule has 1 N–H and O–H groups in total. The van der Waals surface area contributed by atoms with Crippen LogP contribution in [0.2, 0.25) is 0 Å². The summed E-state index contributed by atoms with van der Waals surface area (Å²) >= 11 is 0. The molecule has 0 atom stereocenters. The number of anilines is 1. The number of fused-ring (bicyclic) bond motifs is 1. The molecule has 2 aromatic heterocycles. The van der Waals surface area contributed by atoms with Crippen LogP contribution in [-0.2, 0) is 0 Å². The van der Waals surface area contributed by atoms with Crippen molar-refractivity contribution < 1.29 is 0 Å². The van der Waals surface area contributed by atoms with Gasteiger partial charge in [0.15, 0.2) is 5.82 Å². The second-order valence-electron chi connectivity index (χ2n) is 4.40. The van der Waals surface area contributed by atoms with Crippen molar-refractivity contribution in [2.24, 2.45) is 0 Å². The average molecular weight is 238 g/mol. The third kappa shape index (κ3) is 1.82. The molecule has 0 saturated heterocycles. The normalized spacial score (nSPS) is 10.8. The van der Waals surface area contributed by atoms with Crippen LogP contribution in [-0.4, -0.2) is 29.0 Å². The van der Waals surface area contributed by atoms with Crippen LogP contribution in [0.1, 0.15) is 0 Å². The van der Waals surface area contributed by atoms with Gasteiger partial charge in [0.1, 0.15) is 5.69 Å². The summed E-state index contributed by atoms with van der Waals surface area (Å²) in [5.74, 6) is 0.805. The summed E-state index contributed by atoms with van der Waals surface area (Å²) < 4.78 is 0. The van der Waals surface area contributed by atoms with Crippen LogP contribution in [0.4, 0.5) is 5.69 Å². The van der Waals surface area contributed by atoms with Gasteiger partial charge in [0, 0.05) is 26.0 Å². The Morgan fingerprint density at radius 2 is 1.94 bits per heavy atom. The van der Waals surface area contributed by atoms with E-state index in [9.17, 15) is 0 Å². The fourth-order valence-corrected chi connectivity index (χ4v) is 1.90. The van der Waals surface area contributed by atoms with Crippen LogP contribution >= 0.6 is 0 Å². The van der Waals surface area contributed by atoms with E-state index in [0.29, 0.717) is 0 Å². The molecule has 4 heteroatoms. The van der Waals surface area contributed by atoms with Gasteiger partial charge in [0.25, 0.3) is 0 Å². The highest BCUT2D eigenvalue weighted by Crippen LogP contribution is 2.21. The number of hydrogen-bond donors (Lipinski definition) is 1. The molecule has 1 aromatic carbocycles. The Kier molecular flexibility index (Phi) is 2.48. The zero-order valence-corrected chi connectivity index (χ0v) is 10.4. The maximum absolute atomic E-state index is 4.55. The lowest BCUT2D eigenvalue weighted by Crippen LogP contribution is -2.08. The third-order valence-electron chi connectivity index (χ3n) is 2.89. The van der Waals surface area contributed by atoms with E-state index in [4.69, 9.17) is 0 Å². The van der Waals surface area contributed by atoms with Crippen LogP contribution in [0.3, 0.4) is 0 Å². The van der Waals surface area contributed by atoms with Gasteiger partial charge in [-0.1, -0.05) is 12.1 Å². The standard InChI is InChI=1S/C14H14N4/c1-18(2)10-7-8-15-13(9-10)14-16-11-5-3-4-6-12(11)17-14/h3-9H,1-2H3,(H,16,17). The summed E-state index contributed by atoms with van der Waals surface area (Å²) in [6, 6.07) is 12.0. The number of rotatable bonds is 2. The van der Waals surface area contributed by atoms with E-state index in [2.05, 4.69) is 15.0 Å². The molecule has 90 valence electrons. The molecule has 2 heterocycles. The second kappa shape index (κ2) is 4.14. The average Bonchev–Trinajstić information content (AvgIpc) is 2.82. The number of nitrogens with zero attached hydrogens (tertiary/aromatic N) is 3. The Morgan fingerprint density at radius 1 is 1.11 bits per heavy atom. The van der Waals surface area contributed by atoms with Gasteiger partial charge in [-0.25, -0.2) is 4.98 Å². The Bertz CT molecular complexity index is 652. The first-order chi connectivity index (χ1) is 8.74. The van der Waals surface area contributed by atoms with Crippen LogP contribution in [0, 0.1) is 0 Å². The predicted octanol–water partition coefficient (Wildman–Crippen LogP) is 2.69. The maximum Gasteiger partial charge on any atom is 0.157 e. The smallest absolute Gasteiger partial charge is 0.157 e. The van der Waals surface area contributed by atoms with E-state index < -0.39 is 0 Å². The minimum absolute atomic E-state index is 0.805. The lowest BCUT2D eigenvalue weighted by Gasteiger charge is -2.12. The van der Waals surface area contributed by atoms with E-state index >= 15 is 0 Å². The molecule has 0 spiro atoms. The van der Waals surface area contributed by atoms with E-state index in [1.165, 1.54) is 0 Å². The van der Waals surface area contributed by atoms with Gasteiger partial charge in [-0.15, -0.1) is 0 Å². The first kappa shape index (κ1) is 10.8. The Balaban J connectivity index is 2.11. The predicted molar refractivity (Wildman–Crippen MR) is 73.7 cm³/mol. The van der Waals surface area contributed by atoms with E-state index in [0.717, 1.165) is 28.2 Å². The molecular formula is C14H14N4. The molecule has 0 bridgehead atoms. The molecule has 18 heavy (non-hydrogen) atoms. The third-order valence-corrected chi connectivity index (χ3v) is 2.89. The van der Waals surface area contributed by atoms with Crippen molar-refractivity contribution in [2.75, 3.05) is 19.0 Å². The molecule has 0 aliphatic heterocycles. The van der Waals surface area contributed by atoms with Crippen molar-refractivity contribution >= 4 is 16.7 Å². The van der Waals surface area contributed by atoms with E-state index in [1.807, 2.05) is 55.4 Å². The largest absolute Gasteiger partial charge is 0.378 e. The second-order valence-corrected chi connectivity index (χ2v) is 4.40. The molecule has 0 unspecified atom stereocenters. The summed E-state index contributed by atoms with van der Waals surface area (Å²) in [5, 5.41) is 0. The van der Waals surface area contributed by atoms with Gasteiger partial charge in [0.05, 0.1) is 11.0 Å². The number of aromatic nitrogens is 3. The number of imidazole rings is 1. The lowest BCUT2D eigenvalue weighted by atomic mass is 10.3. The summed E-state index contributed by atoms with van der Waals surface area (Å²) in [4.78, 5) is 14.2. The number of para-hydroxylation sites is 2. The van der Waals surface area contributed by atoms with Crippen LogP contribution in [0.15, 0.2) is 42.6 Å². The Labute approximate surface area is 105 Å². The molecule has 0 aliphatic carbocycles. The molecule has 0 fully saturated rings. The number of benzene rings is 1. The molecule has 0 amide bonds. The molecule has 3 rings (SSSR count). The van der Waals surface area contributed by atoms with Crippen molar-refractivity contribution in [2.45, 2.75) is 0 Å². The lowest BCUT2D eigenvalue weighted by molar-refractivity contribution is 1.12. The molecule has 0 aliphatic rings. The highest BCUT2D eigenvalue weighted by Gasteiger charge is 2.07. The van der Waals surface area contributed by atoms with Gasteiger partial charge in [-0.3, -0.25) is 4.98 Å². The van der Waals surface area contributed by atoms with Gasteiger partial charge in [0.2, 0.25) is 0 Å². The van der Waals surface area contributed by atoms with Crippen LogP contribution < -0.4 is 4.90 Å². The van der Waals surface area contributed by atoms with Gasteiger partial charge >= 0.3 is 0 Å². The van der Waals surface area contributed by atoms with Crippen molar-refractivity contribution in [1.29, 1.82) is 0 Å². The SMILES string of the molecule is CN(C)c1ccnc(-c2nc3ccccc3[nH]2)c1. The number of pyridine rings is 1. The highest BCUT2D eigenvalue weighted by atomic mass is 15.1. The molecule has 3 aromatic rings. The van der Waals surface area contributed by atoms with Crippen molar-refractivity contribution in [1.82, 2.24) is 15.0 Å². The fourth-order valence-electron chi connectivity index (χ4n) is 1.90. The maximum atomic E-state index is 4.55. The molecule has 4 nitrogen and oxygen atoms in total. The highest BCUT2D eigenvalue weighted by molar-refractivity contribution is 5.78. The Hall–Kier alpha value is -2.36. The molecule has 0 saturated carbocycles. The van der Waals surface area contributed by atoms with Gasteiger partial charge in [-0.05, 0) is 24.3 Å². The van der Waals surface area contributed by atoms with Crippen molar-refractivity contribution in [3.8, 4) is 11.5 Å².